The molecule has 2 rings (SSSR count). The van der Waals surface area contributed by atoms with Crippen LogP contribution in [0.15, 0.2) is 40.8 Å². The predicted molar refractivity (Wildman–Crippen MR) is 86.0 cm³/mol. The van der Waals surface area contributed by atoms with Crippen molar-refractivity contribution in [2.45, 2.75) is 26.7 Å². The van der Waals surface area contributed by atoms with Crippen LogP contribution in [0.3, 0.4) is 0 Å². The van der Waals surface area contributed by atoms with Crippen molar-refractivity contribution in [1.82, 2.24) is 0 Å². The van der Waals surface area contributed by atoms with Crippen LogP contribution in [0.1, 0.15) is 35.7 Å². The van der Waals surface area contributed by atoms with E-state index < -0.39 is 17.6 Å². The average molecular weight is 310 g/mol. The Kier molecular flexibility index (Phi) is 5.32. The van der Waals surface area contributed by atoms with E-state index in [1.165, 1.54) is 6.07 Å². The van der Waals surface area contributed by atoms with Gasteiger partial charge in [0.1, 0.15) is 5.76 Å². The first-order valence-corrected chi connectivity index (χ1v) is 7.51. The fraction of sp³-hybridized carbons (Fsp3) is 0.278. The molecule has 0 aliphatic heterocycles. The molecule has 1 N–H and O–H groups in total. The Balaban J connectivity index is 2.11. The van der Waals surface area contributed by atoms with Gasteiger partial charge in [-0.05, 0) is 36.2 Å². The normalized spacial score (nSPS) is 11.5. The molecule has 0 aliphatic rings. The molecule has 23 heavy (non-hydrogen) atoms. The Morgan fingerprint density at radius 2 is 1.83 bits per heavy atom. The Morgan fingerprint density at radius 1 is 1.13 bits per heavy atom. The number of nitrogens with one attached hydrogen (secondary N) is 1. The van der Waals surface area contributed by atoms with Gasteiger partial charge < -0.3 is 9.73 Å². The number of Topliss-reactive ketones (excluding diaryl/α,β-unsaturated/α-hetero) is 1. The van der Waals surface area contributed by atoms with Crippen molar-refractivity contribution in [1.29, 1.82) is 5.26 Å². The molecule has 1 aromatic heterocycles. The van der Waals surface area contributed by atoms with E-state index in [0.717, 1.165) is 12.0 Å². The third kappa shape index (κ3) is 3.86. The number of carbonyl (C=O) groups excluding carboxylic acids is 2. The highest BCUT2D eigenvalue weighted by Gasteiger charge is 2.29. The third-order valence-electron chi connectivity index (χ3n) is 3.54. The second kappa shape index (κ2) is 7.41. The van der Waals surface area contributed by atoms with Crippen LogP contribution in [-0.2, 0) is 17.6 Å². The monoisotopic (exact) mass is 310 g/mol. The highest BCUT2D eigenvalue weighted by Crippen LogP contribution is 2.16. The van der Waals surface area contributed by atoms with E-state index in [1.807, 2.05) is 26.0 Å². The minimum Gasteiger partial charge on any atom is -0.458 e. The molecule has 0 saturated carbocycles. The summed E-state index contributed by atoms with van der Waals surface area (Å²) < 4.78 is 5.33. The Morgan fingerprint density at radius 3 is 2.35 bits per heavy atom. The molecule has 5 nitrogen and oxygen atoms in total. The molecule has 1 amide bonds. The molecule has 0 bridgehead atoms. The first kappa shape index (κ1) is 16.5. The maximum atomic E-state index is 12.3. The van der Waals surface area contributed by atoms with Gasteiger partial charge in [0.2, 0.25) is 11.7 Å². The smallest absolute Gasteiger partial charge is 0.249 e. The van der Waals surface area contributed by atoms with Gasteiger partial charge in [-0.25, -0.2) is 0 Å². The first-order chi connectivity index (χ1) is 11.1. The van der Waals surface area contributed by atoms with E-state index in [4.69, 9.17) is 4.42 Å². The molecule has 1 aromatic carbocycles. The number of ketones is 1. The summed E-state index contributed by atoms with van der Waals surface area (Å²) >= 11 is 0. The van der Waals surface area contributed by atoms with E-state index in [-0.39, 0.29) is 5.76 Å². The lowest BCUT2D eigenvalue weighted by Crippen LogP contribution is -2.28. The molecular formula is C18H18N2O3. The highest BCUT2D eigenvalue weighted by atomic mass is 16.3. The van der Waals surface area contributed by atoms with Crippen LogP contribution in [0.25, 0.3) is 0 Å². The van der Waals surface area contributed by atoms with Gasteiger partial charge in [0.15, 0.2) is 11.7 Å². The van der Waals surface area contributed by atoms with Gasteiger partial charge in [0.25, 0.3) is 0 Å². The molecule has 0 aliphatic carbocycles. The second-order valence-electron chi connectivity index (χ2n) is 5.09. The van der Waals surface area contributed by atoms with Gasteiger partial charge in [-0.1, -0.05) is 26.0 Å². The van der Waals surface area contributed by atoms with Gasteiger partial charge in [-0.15, -0.1) is 0 Å². The summed E-state index contributed by atoms with van der Waals surface area (Å²) in [6, 6.07) is 12.2. The SMILES string of the molecule is CCc1ccc(NC(=O)C(C#N)C(=O)c2ccc(CC)o2)cc1. The number of amides is 1. The van der Waals surface area contributed by atoms with Crippen LogP contribution >= 0.6 is 0 Å². The summed E-state index contributed by atoms with van der Waals surface area (Å²) in [6.07, 6.45) is 1.53. The van der Waals surface area contributed by atoms with Crippen LogP contribution < -0.4 is 5.32 Å². The fourth-order valence-corrected chi connectivity index (χ4v) is 2.12. The Bertz CT molecular complexity index is 738. The lowest BCUT2D eigenvalue weighted by Gasteiger charge is -2.09. The van der Waals surface area contributed by atoms with Gasteiger partial charge >= 0.3 is 0 Å². The largest absolute Gasteiger partial charge is 0.458 e. The van der Waals surface area contributed by atoms with Gasteiger partial charge in [-0.2, -0.15) is 5.26 Å². The van der Waals surface area contributed by atoms with Crippen LogP contribution in [0.4, 0.5) is 5.69 Å². The molecule has 0 saturated heterocycles. The standard InChI is InChI=1S/C18H18N2O3/c1-3-12-5-7-13(8-6-12)20-18(22)15(11-19)17(21)16-10-9-14(4-2)23-16/h5-10,15H,3-4H2,1-2H3,(H,20,22). The van der Waals surface area contributed by atoms with Crippen LogP contribution in [0, 0.1) is 17.2 Å². The zero-order valence-corrected chi connectivity index (χ0v) is 13.1. The maximum absolute atomic E-state index is 12.3. The van der Waals surface area contributed by atoms with Crippen molar-refractivity contribution in [3.63, 3.8) is 0 Å². The number of hydrogen-bond donors (Lipinski definition) is 1. The zero-order chi connectivity index (χ0) is 16.8. The number of anilines is 1. The molecule has 0 fully saturated rings. The summed E-state index contributed by atoms with van der Waals surface area (Å²) in [4.78, 5) is 24.5. The highest BCUT2D eigenvalue weighted by molar-refractivity contribution is 6.14. The molecular weight excluding hydrogens is 292 g/mol. The van der Waals surface area contributed by atoms with E-state index in [2.05, 4.69) is 5.32 Å². The Labute approximate surface area is 134 Å². The van der Waals surface area contributed by atoms with E-state index in [1.54, 1.807) is 24.3 Å². The van der Waals surface area contributed by atoms with Crippen molar-refractivity contribution in [2.75, 3.05) is 5.32 Å². The lowest BCUT2D eigenvalue weighted by molar-refractivity contribution is -0.117. The molecule has 2 aromatic rings. The average Bonchev–Trinajstić information content (AvgIpc) is 3.05. The molecule has 5 heteroatoms. The minimum atomic E-state index is -1.43. The quantitative estimate of drug-likeness (QED) is 0.655. The topological polar surface area (TPSA) is 83.1 Å². The minimum absolute atomic E-state index is 0.0323. The summed E-state index contributed by atoms with van der Waals surface area (Å²) in [6.45, 7) is 3.92. The summed E-state index contributed by atoms with van der Waals surface area (Å²) in [5, 5.41) is 11.8. The van der Waals surface area contributed by atoms with Crippen LogP contribution in [0.2, 0.25) is 0 Å². The number of rotatable bonds is 6. The molecule has 1 unspecified atom stereocenters. The molecule has 1 heterocycles. The zero-order valence-electron chi connectivity index (χ0n) is 13.1. The number of nitriles is 1. The van der Waals surface area contributed by atoms with Crippen molar-refractivity contribution in [3.8, 4) is 6.07 Å². The summed E-state index contributed by atoms with van der Waals surface area (Å²) in [7, 11) is 0. The molecule has 0 spiro atoms. The van der Waals surface area contributed by atoms with Crippen molar-refractivity contribution in [3.05, 3.63) is 53.5 Å². The number of carbonyl (C=O) groups is 2. The first-order valence-electron chi connectivity index (χ1n) is 7.51. The van der Waals surface area contributed by atoms with E-state index in [9.17, 15) is 14.9 Å². The van der Waals surface area contributed by atoms with Crippen molar-refractivity contribution >= 4 is 17.4 Å². The molecule has 118 valence electrons. The van der Waals surface area contributed by atoms with Crippen LogP contribution in [-0.4, -0.2) is 11.7 Å². The van der Waals surface area contributed by atoms with Gasteiger partial charge in [-0.3, -0.25) is 9.59 Å². The number of furan rings is 1. The van der Waals surface area contributed by atoms with E-state index in [0.29, 0.717) is 17.9 Å². The number of nitrogens with zero attached hydrogens (tertiary/aromatic N) is 1. The maximum Gasteiger partial charge on any atom is 0.249 e. The second-order valence-corrected chi connectivity index (χ2v) is 5.09. The summed E-state index contributed by atoms with van der Waals surface area (Å²) in [5.41, 5.74) is 1.69. The number of hydrogen-bond acceptors (Lipinski definition) is 4. The van der Waals surface area contributed by atoms with Crippen molar-refractivity contribution in [2.24, 2.45) is 5.92 Å². The van der Waals surface area contributed by atoms with Gasteiger partial charge in [0, 0.05) is 12.1 Å². The number of aryl methyl sites for hydroxylation is 2. The van der Waals surface area contributed by atoms with E-state index >= 15 is 0 Å². The fourth-order valence-electron chi connectivity index (χ4n) is 2.12. The lowest BCUT2D eigenvalue weighted by atomic mass is 10.0. The Hall–Kier alpha value is -2.87. The number of benzene rings is 1. The molecule has 0 radical (unpaired) electrons. The molecule has 1 atom stereocenters. The summed E-state index contributed by atoms with van der Waals surface area (Å²) in [5.74, 6) is -2.05. The predicted octanol–water partition coefficient (Wildman–Crippen LogP) is 3.37. The third-order valence-corrected chi connectivity index (χ3v) is 3.54. The van der Waals surface area contributed by atoms with Gasteiger partial charge in [0.05, 0.1) is 6.07 Å². The van der Waals surface area contributed by atoms with Crippen molar-refractivity contribution < 1.29 is 14.0 Å². The van der Waals surface area contributed by atoms with Crippen LogP contribution in [0.5, 0.6) is 0 Å².